The summed E-state index contributed by atoms with van der Waals surface area (Å²) < 4.78 is 0. The van der Waals surface area contributed by atoms with Crippen molar-refractivity contribution in [3.8, 4) is 10.7 Å². The number of amides is 1. The molecule has 8 heteroatoms. The Kier molecular flexibility index (Phi) is 4.26. The van der Waals surface area contributed by atoms with Crippen LogP contribution >= 0.6 is 11.3 Å². The Morgan fingerprint density at radius 2 is 2.43 bits per heavy atom. The lowest BCUT2D eigenvalue weighted by Crippen LogP contribution is -2.40. The number of aliphatic hydroxyl groups is 1. The van der Waals surface area contributed by atoms with Gasteiger partial charge in [-0.25, -0.2) is 0 Å². The van der Waals surface area contributed by atoms with Crippen LogP contribution in [0.3, 0.4) is 0 Å². The molecule has 2 atom stereocenters. The molecule has 0 spiro atoms. The Bertz CT molecular complexity index is 597. The summed E-state index contributed by atoms with van der Waals surface area (Å²) in [7, 11) is 0. The number of nitrogens with zero attached hydrogens (tertiary/aromatic N) is 4. The number of aromatic nitrogens is 4. The lowest BCUT2D eigenvalue weighted by atomic mass is 10.1. The van der Waals surface area contributed by atoms with Crippen LogP contribution in [0, 0.1) is 5.92 Å². The van der Waals surface area contributed by atoms with E-state index in [0.29, 0.717) is 5.82 Å². The standard InChI is InChI=1S/C13H17N5O2S/c19-8-9-3-1-4-10(9)14-12(20)7-18-16-13(15-17-18)11-5-2-6-21-11/h2,5-6,9-10,19H,1,3-4,7-8H2,(H,14,20). The number of aliphatic hydroxyl groups excluding tert-OH is 1. The summed E-state index contributed by atoms with van der Waals surface area (Å²) in [4.78, 5) is 14.2. The molecule has 7 nitrogen and oxygen atoms in total. The molecular weight excluding hydrogens is 290 g/mol. The van der Waals surface area contributed by atoms with Gasteiger partial charge in [0.15, 0.2) is 0 Å². The lowest BCUT2D eigenvalue weighted by molar-refractivity contribution is -0.123. The van der Waals surface area contributed by atoms with Crippen LogP contribution in [-0.2, 0) is 11.3 Å². The second kappa shape index (κ2) is 6.31. The monoisotopic (exact) mass is 307 g/mol. The van der Waals surface area contributed by atoms with E-state index in [1.807, 2.05) is 17.5 Å². The molecule has 1 saturated carbocycles. The van der Waals surface area contributed by atoms with Crippen molar-refractivity contribution in [2.45, 2.75) is 31.8 Å². The van der Waals surface area contributed by atoms with Gasteiger partial charge >= 0.3 is 0 Å². The Hall–Kier alpha value is -1.80. The molecule has 1 amide bonds. The summed E-state index contributed by atoms with van der Waals surface area (Å²) in [6.45, 7) is 0.169. The molecule has 2 heterocycles. The fraction of sp³-hybridized carbons (Fsp3) is 0.538. The van der Waals surface area contributed by atoms with E-state index in [1.165, 1.54) is 16.1 Å². The van der Waals surface area contributed by atoms with Gasteiger partial charge in [0.1, 0.15) is 6.54 Å². The first-order valence-corrected chi connectivity index (χ1v) is 7.86. The summed E-state index contributed by atoms with van der Waals surface area (Å²) in [5, 5.41) is 26.2. The second-order valence-corrected chi connectivity index (χ2v) is 6.12. The van der Waals surface area contributed by atoms with Crippen LogP contribution in [-0.4, -0.2) is 43.9 Å². The van der Waals surface area contributed by atoms with Gasteiger partial charge in [-0.15, -0.1) is 21.5 Å². The van der Waals surface area contributed by atoms with Gasteiger partial charge in [-0.05, 0) is 29.5 Å². The summed E-state index contributed by atoms with van der Waals surface area (Å²) in [5.74, 6) is 0.557. The summed E-state index contributed by atoms with van der Waals surface area (Å²) >= 11 is 1.53. The molecule has 2 N–H and O–H groups in total. The number of nitrogens with one attached hydrogen (secondary N) is 1. The molecular formula is C13H17N5O2S. The highest BCUT2D eigenvalue weighted by Crippen LogP contribution is 2.25. The second-order valence-electron chi connectivity index (χ2n) is 5.17. The topological polar surface area (TPSA) is 92.9 Å². The Morgan fingerprint density at radius 1 is 1.52 bits per heavy atom. The van der Waals surface area contributed by atoms with Crippen molar-refractivity contribution in [2.75, 3.05) is 6.61 Å². The van der Waals surface area contributed by atoms with Gasteiger partial charge in [0, 0.05) is 18.6 Å². The summed E-state index contributed by atoms with van der Waals surface area (Å²) in [5.41, 5.74) is 0. The first-order chi connectivity index (χ1) is 10.3. The van der Waals surface area contributed by atoms with Gasteiger partial charge < -0.3 is 10.4 Å². The Balaban J connectivity index is 1.58. The van der Waals surface area contributed by atoms with Gasteiger partial charge in [-0.2, -0.15) is 4.80 Å². The third-order valence-electron chi connectivity index (χ3n) is 3.72. The molecule has 1 aliphatic rings. The van der Waals surface area contributed by atoms with Crippen LogP contribution in [0.4, 0.5) is 0 Å². The van der Waals surface area contributed by atoms with Crippen molar-refractivity contribution >= 4 is 17.2 Å². The molecule has 2 aromatic rings. The zero-order chi connectivity index (χ0) is 14.7. The first-order valence-electron chi connectivity index (χ1n) is 6.98. The minimum Gasteiger partial charge on any atom is -0.396 e. The SMILES string of the molecule is O=C(Cn1nnc(-c2cccs2)n1)NC1CCCC1CO. The normalized spacial score (nSPS) is 21.6. The van der Waals surface area contributed by atoms with Gasteiger partial charge in [-0.3, -0.25) is 4.79 Å². The molecule has 0 aliphatic heterocycles. The van der Waals surface area contributed by atoms with Gasteiger partial charge in [0.2, 0.25) is 11.7 Å². The maximum Gasteiger partial charge on any atom is 0.243 e. The highest BCUT2D eigenvalue weighted by Gasteiger charge is 2.27. The van der Waals surface area contributed by atoms with Crippen molar-refractivity contribution in [3.63, 3.8) is 0 Å². The van der Waals surface area contributed by atoms with Crippen LogP contribution < -0.4 is 5.32 Å². The minimum atomic E-state index is -0.143. The van der Waals surface area contributed by atoms with E-state index < -0.39 is 0 Å². The van der Waals surface area contributed by atoms with Crippen molar-refractivity contribution in [2.24, 2.45) is 5.92 Å². The van der Waals surface area contributed by atoms with Crippen molar-refractivity contribution < 1.29 is 9.90 Å². The zero-order valence-electron chi connectivity index (χ0n) is 11.5. The summed E-state index contributed by atoms with van der Waals surface area (Å²) in [6.07, 6.45) is 2.92. The quantitative estimate of drug-likeness (QED) is 0.847. The molecule has 1 fully saturated rings. The molecule has 0 aromatic carbocycles. The van der Waals surface area contributed by atoms with Gasteiger partial charge in [0.25, 0.3) is 0 Å². The maximum atomic E-state index is 12.0. The van der Waals surface area contributed by atoms with Crippen LogP contribution in [0.15, 0.2) is 17.5 Å². The van der Waals surface area contributed by atoms with Crippen molar-refractivity contribution in [1.29, 1.82) is 0 Å². The molecule has 2 unspecified atom stereocenters. The van der Waals surface area contributed by atoms with E-state index in [4.69, 9.17) is 0 Å². The summed E-state index contributed by atoms with van der Waals surface area (Å²) in [6, 6.07) is 3.89. The fourth-order valence-electron chi connectivity index (χ4n) is 2.64. The lowest BCUT2D eigenvalue weighted by Gasteiger charge is -2.18. The van der Waals surface area contributed by atoms with Gasteiger partial charge in [-0.1, -0.05) is 12.5 Å². The van der Waals surface area contributed by atoms with E-state index in [1.54, 1.807) is 0 Å². The number of thiophene rings is 1. The third kappa shape index (κ3) is 3.27. The van der Waals surface area contributed by atoms with E-state index in [0.717, 1.165) is 24.1 Å². The number of tetrazole rings is 1. The van der Waals surface area contributed by atoms with Crippen LogP contribution in [0.5, 0.6) is 0 Å². The Morgan fingerprint density at radius 3 is 3.19 bits per heavy atom. The smallest absolute Gasteiger partial charge is 0.243 e. The van der Waals surface area contributed by atoms with Gasteiger partial charge in [0.05, 0.1) is 4.88 Å². The van der Waals surface area contributed by atoms with E-state index in [-0.39, 0.29) is 31.0 Å². The van der Waals surface area contributed by atoms with Crippen LogP contribution in [0.1, 0.15) is 19.3 Å². The number of carbonyl (C=O) groups is 1. The van der Waals surface area contributed by atoms with Crippen LogP contribution in [0.2, 0.25) is 0 Å². The third-order valence-corrected chi connectivity index (χ3v) is 4.59. The molecule has 3 rings (SSSR count). The number of hydrogen-bond acceptors (Lipinski definition) is 6. The number of carbonyl (C=O) groups excluding carboxylic acids is 1. The van der Waals surface area contributed by atoms with E-state index in [2.05, 4.69) is 20.7 Å². The Labute approximate surface area is 126 Å². The number of hydrogen-bond donors (Lipinski definition) is 2. The van der Waals surface area contributed by atoms with Crippen molar-refractivity contribution in [3.05, 3.63) is 17.5 Å². The highest BCUT2D eigenvalue weighted by atomic mass is 32.1. The van der Waals surface area contributed by atoms with E-state index >= 15 is 0 Å². The molecule has 21 heavy (non-hydrogen) atoms. The average molecular weight is 307 g/mol. The zero-order valence-corrected chi connectivity index (χ0v) is 12.3. The predicted octanol–water partition coefficient (Wildman–Crippen LogP) is 0.679. The molecule has 112 valence electrons. The molecule has 0 radical (unpaired) electrons. The molecule has 0 saturated heterocycles. The van der Waals surface area contributed by atoms with E-state index in [9.17, 15) is 9.90 Å². The van der Waals surface area contributed by atoms with Crippen molar-refractivity contribution in [1.82, 2.24) is 25.5 Å². The molecule has 0 bridgehead atoms. The van der Waals surface area contributed by atoms with Crippen LogP contribution in [0.25, 0.3) is 10.7 Å². The molecule has 1 aliphatic carbocycles. The average Bonchev–Trinajstić information content (AvgIpc) is 3.19. The number of rotatable bonds is 5. The highest BCUT2D eigenvalue weighted by molar-refractivity contribution is 7.13. The fourth-order valence-corrected chi connectivity index (χ4v) is 3.29. The first kappa shape index (κ1) is 14.2. The molecule has 2 aromatic heterocycles. The predicted molar refractivity (Wildman–Crippen MR) is 77.5 cm³/mol. The minimum absolute atomic E-state index is 0.0486. The largest absolute Gasteiger partial charge is 0.396 e. The maximum absolute atomic E-state index is 12.0.